The highest BCUT2D eigenvalue weighted by molar-refractivity contribution is 5.79. The summed E-state index contributed by atoms with van der Waals surface area (Å²) in [6.45, 7) is 6.59. The molecule has 8 heteroatoms. The Labute approximate surface area is 154 Å². The summed E-state index contributed by atoms with van der Waals surface area (Å²) in [5.41, 5.74) is 1.19. The Balaban J connectivity index is 1.48. The van der Waals surface area contributed by atoms with E-state index in [1.165, 1.54) is 5.56 Å². The molecule has 0 atom stereocenters. The largest absolute Gasteiger partial charge is 0.356 e. The van der Waals surface area contributed by atoms with Gasteiger partial charge in [0.25, 0.3) is 0 Å². The second-order valence-corrected chi connectivity index (χ2v) is 6.75. The third-order valence-corrected chi connectivity index (χ3v) is 4.88. The standard InChI is InChI=1S/C18H28N8/c1-13-5-6-16(20-11-13)26-9-7-15(8-10-26)22-18(19-3)21-12-17-24-23-14(2)25(17)4/h5-6,11,15H,7-10,12H2,1-4H3,(H2,19,21,22). The molecule has 0 unspecified atom stereocenters. The normalized spacial score (nSPS) is 16.0. The molecule has 2 N–H and O–H groups in total. The second kappa shape index (κ2) is 8.16. The number of aliphatic imine (C=N–C) groups is 1. The van der Waals surface area contributed by atoms with Gasteiger partial charge in [-0.25, -0.2) is 4.98 Å². The van der Waals surface area contributed by atoms with Gasteiger partial charge in [-0.1, -0.05) is 6.07 Å². The lowest BCUT2D eigenvalue weighted by atomic mass is 10.1. The molecule has 2 aromatic rings. The summed E-state index contributed by atoms with van der Waals surface area (Å²) >= 11 is 0. The van der Waals surface area contributed by atoms with Gasteiger partial charge in [-0.05, 0) is 38.3 Å². The number of anilines is 1. The van der Waals surface area contributed by atoms with Crippen molar-refractivity contribution in [2.75, 3.05) is 25.0 Å². The number of nitrogens with zero attached hydrogens (tertiary/aromatic N) is 6. The van der Waals surface area contributed by atoms with Crippen molar-refractivity contribution >= 4 is 11.8 Å². The Morgan fingerprint density at radius 2 is 2.00 bits per heavy atom. The summed E-state index contributed by atoms with van der Waals surface area (Å²) in [7, 11) is 3.76. The van der Waals surface area contributed by atoms with E-state index in [9.17, 15) is 0 Å². The lowest BCUT2D eigenvalue weighted by Crippen LogP contribution is -2.48. The molecule has 1 fully saturated rings. The fourth-order valence-electron chi connectivity index (χ4n) is 3.06. The number of guanidine groups is 1. The zero-order chi connectivity index (χ0) is 18.5. The minimum Gasteiger partial charge on any atom is -0.356 e. The van der Waals surface area contributed by atoms with Gasteiger partial charge in [0.1, 0.15) is 11.6 Å². The maximum Gasteiger partial charge on any atom is 0.191 e. The second-order valence-electron chi connectivity index (χ2n) is 6.75. The van der Waals surface area contributed by atoms with Crippen LogP contribution in [0.1, 0.15) is 30.1 Å². The maximum absolute atomic E-state index is 4.53. The number of pyridine rings is 1. The van der Waals surface area contributed by atoms with Gasteiger partial charge in [0.15, 0.2) is 11.8 Å². The lowest BCUT2D eigenvalue weighted by Gasteiger charge is -2.33. The number of hydrogen-bond donors (Lipinski definition) is 2. The Hall–Kier alpha value is -2.64. The molecule has 0 bridgehead atoms. The average molecular weight is 356 g/mol. The maximum atomic E-state index is 4.53. The van der Waals surface area contributed by atoms with Crippen molar-refractivity contribution in [3.05, 3.63) is 35.5 Å². The molecular weight excluding hydrogens is 328 g/mol. The van der Waals surface area contributed by atoms with Crippen molar-refractivity contribution in [1.82, 2.24) is 30.4 Å². The molecule has 8 nitrogen and oxygen atoms in total. The van der Waals surface area contributed by atoms with E-state index in [1.54, 1.807) is 7.05 Å². The zero-order valence-electron chi connectivity index (χ0n) is 16.0. The van der Waals surface area contributed by atoms with Crippen LogP contribution in [0.4, 0.5) is 5.82 Å². The van der Waals surface area contributed by atoms with E-state index in [1.807, 2.05) is 24.7 Å². The van der Waals surface area contributed by atoms with E-state index in [2.05, 4.69) is 54.8 Å². The summed E-state index contributed by atoms with van der Waals surface area (Å²) < 4.78 is 1.98. The molecule has 0 radical (unpaired) electrons. The van der Waals surface area contributed by atoms with Gasteiger partial charge in [-0.3, -0.25) is 4.99 Å². The van der Waals surface area contributed by atoms with Crippen LogP contribution in [0.25, 0.3) is 0 Å². The first-order valence-corrected chi connectivity index (χ1v) is 9.06. The molecular formula is C18H28N8. The van der Waals surface area contributed by atoms with E-state index < -0.39 is 0 Å². The van der Waals surface area contributed by atoms with Crippen LogP contribution in [0.2, 0.25) is 0 Å². The molecule has 0 aliphatic carbocycles. The number of rotatable bonds is 4. The topological polar surface area (TPSA) is 83.3 Å². The SMILES string of the molecule is CN=C(NCc1nnc(C)n1C)NC1CCN(c2ccc(C)cn2)CC1. The molecule has 1 saturated heterocycles. The van der Waals surface area contributed by atoms with E-state index in [-0.39, 0.29) is 0 Å². The first-order chi connectivity index (χ1) is 12.6. The van der Waals surface area contributed by atoms with Gasteiger partial charge >= 0.3 is 0 Å². The highest BCUT2D eigenvalue weighted by atomic mass is 15.3. The third-order valence-electron chi connectivity index (χ3n) is 4.88. The quantitative estimate of drug-likeness (QED) is 0.632. The molecule has 2 aromatic heterocycles. The molecule has 3 rings (SSSR count). The number of hydrogen-bond acceptors (Lipinski definition) is 5. The van der Waals surface area contributed by atoms with Gasteiger partial charge in [-0.2, -0.15) is 0 Å². The van der Waals surface area contributed by atoms with Crippen LogP contribution in [0.5, 0.6) is 0 Å². The van der Waals surface area contributed by atoms with Crippen molar-refractivity contribution in [2.24, 2.45) is 12.0 Å². The van der Waals surface area contributed by atoms with E-state index >= 15 is 0 Å². The number of nitrogens with one attached hydrogen (secondary N) is 2. The molecule has 140 valence electrons. The van der Waals surface area contributed by atoms with Crippen LogP contribution in [-0.4, -0.2) is 51.9 Å². The predicted molar refractivity (Wildman–Crippen MR) is 103 cm³/mol. The fourth-order valence-corrected chi connectivity index (χ4v) is 3.06. The van der Waals surface area contributed by atoms with Crippen molar-refractivity contribution < 1.29 is 0 Å². The van der Waals surface area contributed by atoms with Crippen LogP contribution >= 0.6 is 0 Å². The molecule has 1 aliphatic rings. The lowest BCUT2D eigenvalue weighted by molar-refractivity contribution is 0.459. The molecule has 0 amide bonds. The molecule has 1 aliphatic heterocycles. The van der Waals surface area contributed by atoms with Crippen molar-refractivity contribution in [1.29, 1.82) is 0 Å². The zero-order valence-corrected chi connectivity index (χ0v) is 16.0. The summed E-state index contributed by atoms with van der Waals surface area (Å²) in [5.74, 6) is 3.67. The first-order valence-electron chi connectivity index (χ1n) is 9.06. The Morgan fingerprint density at radius 3 is 2.58 bits per heavy atom. The van der Waals surface area contributed by atoms with E-state index in [0.717, 1.165) is 49.4 Å². The Bertz CT molecular complexity index is 741. The van der Waals surface area contributed by atoms with E-state index in [4.69, 9.17) is 0 Å². The van der Waals surface area contributed by atoms with Gasteiger partial charge in [0.2, 0.25) is 0 Å². The molecule has 0 saturated carbocycles. The molecule has 0 aromatic carbocycles. The summed E-state index contributed by atoms with van der Waals surface area (Å²) in [6.07, 6.45) is 4.04. The minimum atomic E-state index is 0.407. The smallest absolute Gasteiger partial charge is 0.191 e. The van der Waals surface area contributed by atoms with Crippen LogP contribution in [-0.2, 0) is 13.6 Å². The van der Waals surface area contributed by atoms with Crippen LogP contribution < -0.4 is 15.5 Å². The summed E-state index contributed by atoms with van der Waals surface area (Å²) in [6, 6.07) is 4.63. The average Bonchev–Trinajstić information content (AvgIpc) is 2.98. The number of aryl methyl sites for hydroxylation is 2. The third kappa shape index (κ3) is 4.30. The van der Waals surface area contributed by atoms with E-state index in [0.29, 0.717) is 12.6 Å². The number of piperidine rings is 1. The first kappa shape index (κ1) is 18.2. The highest BCUT2D eigenvalue weighted by Crippen LogP contribution is 2.18. The molecule has 3 heterocycles. The number of aromatic nitrogens is 4. The Morgan fingerprint density at radius 1 is 1.23 bits per heavy atom. The van der Waals surface area contributed by atoms with Crippen LogP contribution in [0.3, 0.4) is 0 Å². The highest BCUT2D eigenvalue weighted by Gasteiger charge is 2.21. The van der Waals surface area contributed by atoms with Gasteiger partial charge in [0, 0.05) is 39.4 Å². The van der Waals surface area contributed by atoms with Gasteiger partial charge in [-0.15, -0.1) is 10.2 Å². The van der Waals surface area contributed by atoms with Gasteiger partial charge in [0.05, 0.1) is 6.54 Å². The van der Waals surface area contributed by atoms with Crippen molar-refractivity contribution in [2.45, 2.75) is 39.3 Å². The van der Waals surface area contributed by atoms with Crippen molar-refractivity contribution in [3.8, 4) is 0 Å². The van der Waals surface area contributed by atoms with Gasteiger partial charge < -0.3 is 20.1 Å². The monoisotopic (exact) mass is 356 g/mol. The molecule has 26 heavy (non-hydrogen) atoms. The minimum absolute atomic E-state index is 0.407. The summed E-state index contributed by atoms with van der Waals surface area (Å²) in [4.78, 5) is 11.2. The van der Waals surface area contributed by atoms with Crippen molar-refractivity contribution in [3.63, 3.8) is 0 Å². The van der Waals surface area contributed by atoms with Crippen LogP contribution in [0, 0.1) is 13.8 Å². The Kier molecular flexibility index (Phi) is 5.70. The van der Waals surface area contributed by atoms with Crippen LogP contribution in [0.15, 0.2) is 23.3 Å². The predicted octanol–water partition coefficient (Wildman–Crippen LogP) is 1.16. The fraction of sp³-hybridized carbons (Fsp3) is 0.556. The molecule has 0 spiro atoms. The summed E-state index contributed by atoms with van der Waals surface area (Å²) in [5, 5.41) is 15.1.